The molecule has 4 atom stereocenters. The maximum absolute atomic E-state index is 11.7. The van der Waals surface area contributed by atoms with E-state index in [2.05, 4.69) is 5.32 Å². The highest BCUT2D eigenvalue weighted by Gasteiger charge is 2.49. The van der Waals surface area contributed by atoms with Gasteiger partial charge < -0.3 is 20.0 Å². The summed E-state index contributed by atoms with van der Waals surface area (Å²) in [7, 11) is 0. The summed E-state index contributed by atoms with van der Waals surface area (Å²) in [4.78, 5) is 22.5. The average molecular weight is 211 g/mol. The summed E-state index contributed by atoms with van der Waals surface area (Å²) < 4.78 is 5.42. The number of carbonyl (C=O) groups excluding carboxylic acids is 2. The number of ether oxygens (including phenoxy) is 1. The molecule has 0 aromatic heterocycles. The van der Waals surface area contributed by atoms with E-state index in [4.69, 9.17) is 9.84 Å². The highest BCUT2D eigenvalue weighted by Crippen LogP contribution is 2.37. The Bertz CT molecular complexity index is 302. The molecular formula is C10H13NO4. The lowest BCUT2D eigenvalue weighted by Crippen LogP contribution is -2.41. The lowest BCUT2D eigenvalue weighted by Gasteiger charge is -2.19. The van der Waals surface area contributed by atoms with Gasteiger partial charge in [0.05, 0.1) is 30.7 Å². The zero-order chi connectivity index (χ0) is 10.8. The third kappa shape index (κ3) is 1.68. The Kier molecular flexibility index (Phi) is 2.83. The molecule has 0 aliphatic carbocycles. The van der Waals surface area contributed by atoms with Gasteiger partial charge >= 0.3 is 0 Å². The number of amides is 1. The fraction of sp³-hybridized carbons (Fsp3) is 0.600. The van der Waals surface area contributed by atoms with E-state index < -0.39 is 11.8 Å². The van der Waals surface area contributed by atoms with Crippen LogP contribution in [0.1, 0.15) is 0 Å². The number of nitrogens with one attached hydrogen (secondary N) is 1. The first-order chi connectivity index (χ1) is 7.27. The molecule has 82 valence electrons. The van der Waals surface area contributed by atoms with E-state index in [0.29, 0.717) is 0 Å². The Balaban J connectivity index is 2.05. The van der Waals surface area contributed by atoms with Crippen LogP contribution in [-0.2, 0) is 14.3 Å². The normalized spacial score (nSPS) is 36.9. The molecule has 2 aliphatic heterocycles. The fourth-order valence-electron chi connectivity index (χ4n) is 2.12. The SMILES string of the molecule is O=C[C@@H]1C2C=CC(O2)[C@@H]1C(=O)NCCO. The van der Waals surface area contributed by atoms with Gasteiger partial charge in [0.1, 0.15) is 6.29 Å². The molecule has 1 saturated heterocycles. The van der Waals surface area contributed by atoms with Crippen LogP contribution in [0, 0.1) is 11.8 Å². The smallest absolute Gasteiger partial charge is 0.226 e. The molecule has 1 fully saturated rings. The van der Waals surface area contributed by atoms with Crippen molar-refractivity contribution < 1.29 is 19.4 Å². The first-order valence-electron chi connectivity index (χ1n) is 4.95. The summed E-state index contributed by atoms with van der Waals surface area (Å²) in [5.41, 5.74) is 0. The summed E-state index contributed by atoms with van der Waals surface area (Å²) in [6, 6.07) is 0. The monoisotopic (exact) mass is 211 g/mol. The molecule has 0 radical (unpaired) electrons. The Morgan fingerprint density at radius 3 is 2.87 bits per heavy atom. The second kappa shape index (κ2) is 4.12. The Morgan fingerprint density at radius 2 is 2.20 bits per heavy atom. The molecule has 0 aromatic rings. The van der Waals surface area contributed by atoms with E-state index in [1.165, 1.54) is 0 Å². The summed E-state index contributed by atoms with van der Waals surface area (Å²) in [6.07, 6.45) is 3.87. The first kappa shape index (κ1) is 10.3. The average Bonchev–Trinajstić information content (AvgIpc) is 2.84. The molecule has 0 spiro atoms. The van der Waals surface area contributed by atoms with Crippen molar-refractivity contribution >= 4 is 12.2 Å². The lowest BCUT2D eigenvalue weighted by atomic mass is 9.83. The Morgan fingerprint density at radius 1 is 1.47 bits per heavy atom. The van der Waals surface area contributed by atoms with Crippen molar-refractivity contribution in [3.63, 3.8) is 0 Å². The third-order valence-electron chi connectivity index (χ3n) is 2.82. The third-order valence-corrected chi connectivity index (χ3v) is 2.82. The van der Waals surface area contributed by atoms with Crippen molar-refractivity contribution in [2.45, 2.75) is 12.2 Å². The van der Waals surface area contributed by atoms with E-state index in [9.17, 15) is 9.59 Å². The van der Waals surface area contributed by atoms with Gasteiger partial charge in [0, 0.05) is 6.54 Å². The topological polar surface area (TPSA) is 75.6 Å². The van der Waals surface area contributed by atoms with Crippen molar-refractivity contribution in [2.75, 3.05) is 13.2 Å². The molecule has 5 heteroatoms. The number of fused-ring (bicyclic) bond motifs is 2. The van der Waals surface area contributed by atoms with E-state index in [-0.39, 0.29) is 31.3 Å². The summed E-state index contributed by atoms with van der Waals surface area (Å²) >= 11 is 0. The summed E-state index contributed by atoms with van der Waals surface area (Å²) in [5.74, 6) is -1.05. The second-order valence-electron chi connectivity index (χ2n) is 3.70. The predicted octanol–water partition coefficient (Wildman–Crippen LogP) is -1.14. The van der Waals surface area contributed by atoms with Gasteiger partial charge in [0.25, 0.3) is 0 Å². The predicted molar refractivity (Wildman–Crippen MR) is 50.9 cm³/mol. The standard InChI is InChI=1S/C10H13NO4/c12-4-3-11-10(14)9-6(5-13)7-1-2-8(9)15-7/h1-2,5-9,12H,3-4H2,(H,11,14)/t6-,7?,8?,9-/m1/s1. The van der Waals surface area contributed by atoms with Gasteiger partial charge in [0.15, 0.2) is 0 Å². The van der Waals surface area contributed by atoms with Gasteiger partial charge in [-0.3, -0.25) is 4.79 Å². The van der Waals surface area contributed by atoms with Crippen LogP contribution < -0.4 is 5.32 Å². The van der Waals surface area contributed by atoms with Gasteiger partial charge in [-0.25, -0.2) is 0 Å². The lowest BCUT2D eigenvalue weighted by molar-refractivity contribution is -0.129. The van der Waals surface area contributed by atoms with Gasteiger partial charge in [-0.05, 0) is 0 Å². The van der Waals surface area contributed by atoms with Gasteiger partial charge in [0.2, 0.25) is 5.91 Å². The second-order valence-corrected chi connectivity index (χ2v) is 3.70. The molecule has 2 rings (SSSR count). The van der Waals surface area contributed by atoms with Crippen molar-refractivity contribution in [2.24, 2.45) is 11.8 Å². The number of carbonyl (C=O) groups is 2. The molecule has 0 aromatic carbocycles. The molecule has 2 N–H and O–H groups in total. The largest absolute Gasteiger partial charge is 0.395 e. The van der Waals surface area contributed by atoms with Crippen LogP contribution in [0.5, 0.6) is 0 Å². The number of aliphatic hydroxyl groups excluding tert-OH is 1. The molecule has 15 heavy (non-hydrogen) atoms. The quantitative estimate of drug-likeness (QED) is 0.455. The van der Waals surface area contributed by atoms with Crippen LogP contribution in [0.25, 0.3) is 0 Å². The van der Waals surface area contributed by atoms with Gasteiger partial charge in [-0.15, -0.1) is 0 Å². The number of aliphatic hydroxyl groups is 1. The van der Waals surface area contributed by atoms with E-state index >= 15 is 0 Å². The van der Waals surface area contributed by atoms with Crippen LogP contribution >= 0.6 is 0 Å². The minimum atomic E-state index is -0.441. The van der Waals surface area contributed by atoms with Crippen LogP contribution in [0.4, 0.5) is 0 Å². The van der Waals surface area contributed by atoms with Crippen LogP contribution in [-0.4, -0.2) is 42.7 Å². The molecule has 1 amide bonds. The van der Waals surface area contributed by atoms with Crippen LogP contribution in [0.15, 0.2) is 12.2 Å². The van der Waals surface area contributed by atoms with E-state index in [0.717, 1.165) is 6.29 Å². The zero-order valence-electron chi connectivity index (χ0n) is 8.13. The highest BCUT2D eigenvalue weighted by molar-refractivity contribution is 5.84. The Hall–Kier alpha value is -1.20. The summed E-state index contributed by atoms with van der Waals surface area (Å²) in [6.45, 7) is 0.108. The Labute approximate surface area is 87.1 Å². The minimum absolute atomic E-state index is 0.102. The number of hydrogen-bond donors (Lipinski definition) is 2. The highest BCUT2D eigenvalue weighted by atomic mass is 16.5. The molecule has 0 saturated carbocycles. The van der Waals surface area contributed by atoms with E-state index in [1.54, 1.807) is 0 Å². The zero-order valence-corrected chi connectivity index (χ0v) is 8.13. The van der Waals surface area contributed by atoms with Crippen molar-refractivity contribution in [1.29, 1.82) is 0 Å². The molecule has 2 aliphatic rings. The van der Waals surface area contributed by atoms with Crippen LogP contribution in [0.2, 0.25) is 0 Å². The molecule has 5 nitrogen and oxygen atoms in total. The molecular weight excluding hydrogens is 198 g/mol. The maximum atomic E-state index is 11.7. The fourth-order valence-corrected chi connectivity index (χ4v) is 2.12. The van der Waals surface area contributed by atoms with Crippen molar-refractivity contribution in [3.8, 4) is 0 Å². The minimum Gasteiger partial charge on any atom is -0.395 e. The number of rotatable bonds is 4. The maximum Gasteiger partial charge on any atom is 0.226 e. The number of hydrogen-bond acceptors (Lipinski definition) is 4. The van der Waals surface area contributed by atoms with Gasteiger partial charge in [-0.1, -0.05) is 12.2 Å². The van der Waals surface area contributed by atoms with Crippen molar-refractivity contribution in [3.05, 3.63) is 12.2 Å². The molecule has 2 bridgehead atoms. The summed E-state index contributed by atoms with van der Waals surface area (Å²) in [5, 5.41) is 11.1. The van der Waals surface area contributed by atoms with Gasteiger partial charge in [-0.2, -0.15) is 0 Å². The molecule has 2 heterocycles. The molecule has 2 unspecified atom stereocenters. The van der Waals surface area contributed by atoms with Crippen LogP contribution in [0.3, 0.4) is 0 Å². The van der Waals surface area contributed by atoms with E-state index in [1.807, 2.05) is 12.2 Å². The van der Waals surface area contributed by atoms with Crippen molar-refractivity contribution in [1.82, 2.24) is 5.32 Å². The first-order valence-corrected chi connectivity index (χ1v) is 4.95. The number of aldehydes is 1.